The van der Waals surface area contributed by atoms with Gasteiger partial charge in [-0.2, -0.15) is 0 Å². The number of hydrogen-bond acceptors (Lipinski definition) is 6. The number of nitrogens with zero attached hydrogens (tertiary/aromatic N) is 4. The summed E-state index contributed by atoms with van der Waals surface area (Å²) < 4.78 is 12.7. The van der Waals surface area contributed by atoms with Crippen molar-refractivity contribution < 1.29 is 19.1 Å². The van der Waals surface area contributed by atoms with Crippen LogP contribution >= 0.6 is 0 Å². The number of nitrogens with one attached hydrogen (secondary N) is 1. The molecule has 9 nitrogen and oxygen atoms in total. The second-order valence-corrected chi connectivity index (χ2v) is 10.7. The number of methoxy groups -OCH3 is 1. The van der Waals surface area contributed by atoms with Crippen LogP contribution in [0.3, 0.4) is 0 Å². The smallest absolute Gasteiger partial charge is 0.274 e. The molecule has 1 aromatic heterocycles. The zero-order chi connectivity index (χ0) is 26.9. The lowest BCUT2D eigenvalue weighted by Gasteiger charge is -2.40. The van der Waals surface area contributed by atoms with Crippen molar-refractivity contribution in [3.05, 3.63) is 48.0 Å². The van der Waals surface area contributed by atoms with Crippen LogP contribution in [0.5, 0.6) is 0 Å². The monoisotopic (exact) mass is 525 g/mol. The van der Waals surface area contributed by atoms with E-state index in [0.29, 0.717) is 64.7 Å². The number of piperidine rings is 1. The van der Waals surface area contributed by atoms with Gasteiger partial charge < -0.3 is 29.2 Å². The summed E-state index contributed by atoms with van der Waals surface area (Å²) in [6.45, 7) is 9.32. The molecule has 0 spiro atoms. The van der Waals surface area contributed by atoms with E-state index in [2.05, 4.69) is 24.1 Å². The number of morpholine rings is 1. The van der Waals surface area contributed by atoms with Gasteiger partial charge >= 0.3 is 0 Å². The number of amides is 2. The maximum absolute atomic E-state index is 14.2. The van der Waals surface area contributed by atoms with Crippen LogP contribution in [0.2, 0.25) is 0 Å². The van der Waals surface area contributed by atoms with E-state index in [1.54, 1.807) is 13.4 Å². The van der Waals surface area contributed by atoms with Crippen LogP contribution in [-0.4, -0.2) is 96.9 Å². The van der Waals surface area contributed by atoms with Crippen molar-refractivity contribution >= 4 is 11.8 Å². The summed E-state index contributed by atoms with van der Waals surface area (Å²) in [5.74, 6) is 0.247. The Balaban J connectivity index is 1.58. The number of carbonyl (C=O) groups is 2. The van der Waals surface area contributed by atoms with Gasteiger partial charge in [-0.05, 0) is 43.7 Å². The fourth-order valence-electron chi connectivity index (χ4n) is 5.46. The number of ether oxygens (including phenoxy) is 2. The minimum atomic E-state index is -0.148. The van der Waals surface area contributed by atoms with E-state index in [1.807, 2.05) is 44.7 Å². The van der Waals surface area contributed by atoms with Crippen LogP contribution in [-0.2, 0) is 20.7 Å². The van der Waals surface area contributed by atoms with E-state index in [4.69, 9.17) is 9.47 Å². The number of benzene rings is 1. The molecule has 9 heteroatoms. The molecule has 3 heterocycles. The standard InChI is InChI=1S/C29H43N5O4/c1-22(2)20-33(25-17-23(18-30-19-25)28(35)32-12-15-38-16-13-32)29(36)27-26(11-7-8-14-37-3)34(21-31-27)24-9-5-4-6-10-24/h4-6,9-10,21-23,25,30H,7-8,11-20H2,1-3H3/t23-,25+/m1/s1. The zero-order valence-electron chi connectivity index (χ0n) is 23.1. The normalized spacial score (nSPS) is 20.1. The van der Waals surface area contributed by atoms with E-state index >= 15 is 0 Å². The largest absolute Gasteiger partial charge is 0.385 e. The van der Waals surface area contributed by atoms with E-state index in [0.717, 1.165) is 30.6 Å². The van der Waals surface area contributed by atoms with Gasteiger partial charge in [-0.25, -0.2) is 4.98 Å². The molecule has 2 atom stereocenters. The SMILES string of the molecule is COCCCCc1c(C(=O)N(CC(C)C)[C@@H]2CNC[C@H](C(=O)N3CCOCC3)C2)ncn1-c1ccccc1. The molecule has 1 N–H and O–H groups in total. The molecule has 2 aliphatic heterocycles. The van der Waals surface area contributed by atoms with Crippen LogP contribution < -0.4 is 5.32 Å². The van der Waals surface area contributed by atoms with Crippen molar-refractivity contribution in [2.45, 2.75) is 45.6 Å². The number of unbranched alkanes of at least 4 members (excludes halogenated alkanes) is 1. The van der Waals surface area contributed by atoms with Gasteiger partial charge in [-0.15, -0.1) is 0 Å². The third-order valence-corrected chi connectivity index (χ3v) is 7.38. The van der Waals surface area contributed by atoms with Gasteiger partial charge in [0.1, 0.15) is 12.0 Å². The lowest BCUT2D eigenvalue weighted by Crippen LogP contribution is -2.56. The first-order valence-corrected chi connectivity index (χ1v) is 14.0. The van der Waals surface area contributed by atoms with Gasteiger partial charge in [-0.1, -0.05) is 32.0 Å². The van der Waals surface area contributed by atoms with Gasteiger partial charge in [0, 0.05) is 58.2 Å². The molecule has 0 bridgehead atoms. The Morgan fingerprint density at radius 1 is 1.16 bits per heavy atom. The molecule has 2 fully saturated rings. The molecular weight excluding hydrogens is 482 g/mol. The topological polar surface area (TPSA) is 88.9 Å². The maximum Gasteiger partial charge on any atom is 0.274 e. The summed E-state index contributed by atoms with van der Waals surface area (Å²) in [5.41, 5.74) is 2.43. The highest BCUT2D eigenvalue weighted by molar-refractivity contribution is 5.94. The number of imidazole rings is 1. The zero-order valence-corrected chi connectivity index (χ0v) is 23.1. The van der Waals surface area contributed by atoms with Gasteiger partial charge in [-0.3, -0.25) is 9.59 Å². The fourth-order valence-corrected chi connectivity index (χ4v) is 5.46. The molecule has 4 rings (SSSR count). The molecule has 0 saturated carbocycles. The summed E-state index contributed by atoms with van der Waals surface area (Å²) in [7, 11) is 1.71. The van der Waals surface area contributed by atoms with E-state index in [9.17, 15) is 9.59 Å². The fraction of sp³-hybridized carbons (Fsp3) is 0.621. The molecule has 2 amide bonds. The number of para-hydroxylation sites is 1. The summed E-state index contributed by atoms with van der Waals surface area (Å²) >= 11 is 0. The van der Waals surface area contributed by atoms with E-state index in [1.165, 1.54) is 0 Å². The molecular formula is C29H43N5O4. The average Bonchev–Trinajstić information content (AvgIpc) is 3.38. The van der Waals surface area contributed by atoms with Gasteiger partial charge in [0.25, 0.3) is 5.91 Å². The van der Waals surface area contributed by atoms with Gasteiger partial charge in [0.05, 0.1) is 24.8 Å². The minimum absolute atomic E-state index is 0.0543. The summed E-state index contributed by atoms with van der Waals surface area (Å²) in [6, 6.07) is 9.98. The first-order chi connectivity index (χ1) is 18.5. The molecule has 0 unspecified atom stereocenters. The molecule has 2 saturated heterocycles. The van der Waals surface area contributed by atoms with Crippen LogP contribution in [0.4, 0.5) is 0 Å². The molecule has 2 aromatic rings. The first kappa shape index (κ1) is 28.3. The average molecular weight is 526 g/mol. The van der Waals surface area contributed by atoms with Gasteiger partial charge in [0.2, 0.25) is 5.91 Å². The highest BCUT2D eigenvalue weighted by Gasteiger charge is 2.36. The Morgan fingerprint density at radius 3 is 2.63 bits per heavy atom. The van der Waals surface area contributed by atoms with Crippen molar-refractivity contribution in [2.24, 2.45) is 11.8 Å². The maximum atomic E-state index is 14.2. The molecule has 2 aliphatic rings. The Labute approximate surface area is 226 Å². The Bertz CT molecular complexity index is 1030. The van der Waals surface area contributed by atoms with Crippen LogP contribution in [0.15, 0.2) is 36.7 Å². The Morgan fingerprint density at radius 2 is 1.92 bits per heavy atom. The Hall–Kier alpha value is -2.75. The van der Waals surface area contributed by atoms with E-state index in [-0.39, 0.29) is 29.7 Å². The number of rotatable bonds is 11. The first-order valence-electron chi connectivity index (χ1n) is 14.0. The van der Waals surface area contributed by atoms with Gasteiger partial charge in [0.15, 0.2) is 0 Å². The predicted molar refractivity (Wildman–Crippen MR) is 146 cm³/mol. The van der Waals surface area contributed by atoms with Crippen molar-refractivity contribution in [1.29, 1.82) is 0 Å². The highest BCUT2D eigenvalue weighted by Crippen LogP contribution is 2.24. The summed E-state index contributed by atoms with van der Waals surface area (Å²) in [6.07, 6.45) is 4.97. The lowest BCUT2D eigenvalue weighted by atomic mass is 9.92. The summed E-state index contributed by atoms with van der Waals surface area (Å²) in [5, 5.41) is 3.45. The minimum Gasteiger partial charge on any atom is -0.385 e. The molecule has 208 valence electrons. The third kappa shape index (κ3) is 7.01. The summed E-state index contributed by atoms with van der Waals surface area (Å²) in [4.78, 5) is 36.0. The number of hydrogen-bond donors (Lipinski definition) is 1. The molecule has 38 heavy (non-hydrogen) atoms. The van der Waals surface area contributed by atoms with Crippen LogP contribution in [0.25, 0.3) is 5.69 Å². The number of carbonyl (C=O) groups excluding carboxylic acids is 2. The predicted octanol–water partition coefficient (Wildman–Crippen LogP) is 2.78. The van der Waals surface area contributed by atoms with Crippen LogP contribution in [0, 0.1) is 11.8 Å². The van der Waals surface area contributed by atoms with Crippen molar-refractivity contribution in [3.63, 3.8) is 0 Å². The molecule has 0 radical (unpaired) electrons. The highest BCUT2D eigenvalue weighted by atomic mass is 16.5. The van der Waals surface area contributed by atoms with Crippen LogP contribution in [0.1, 0.15) is 49.3 Å². The third-order valence-electron chi connectivity index (χ3n) is 7.38. The van der Waals surface area contributed by atoms with Crippen molar-refractivity contribution in [1.82, 2.24) is 24.7 Å². The Kier molecular flexibility index (Phi) is 10.3. The van der Waals surface area contributed by atoms with E-state index < -0.39 is 0 Å². The second-order valence-electron chi connectivity index (χ2n) is 10.7. The molecule has 0 aliphatic carbocycles. The number of aromatic nitrogens is 2. The molecule has 1 aromatic carbocycles. The quantitative estimate of drug-likeness (QED) is 0.454. The second kappa shape index (κ2) is 13.9. The van der Waals surface area contributed by atoms with Crippen molar-refractivity contribution in [2.75, 3.05) is 59.7 Å². The lowest BCUT2D eigenvalue weighted by molar-refractivity contribution is -0.140. The van der Waals surface area contributed by atoms with Crippen molar-refractivity contribution in [3.8, 4) is 5.69 Å².